The van der Waals surface area contributed by atoms with Crippen LogP contribution in [0.15, 0.2) is 0 Å². The number of ether oxygens (including phenoxy) is 1. The molecule has 3 nitrogen and oxygen atoms in total. The lowest BCUT2D eigenvalue weighted by Gasteiger charge is -2.22. The summed E-state index contributed by atoms with van der Waals surface area (Å²) in [5.41, 5.74) is -0.672. The van der Waals surface area contributed by atoms with Gasteiger partial charge in [0.2, 0.25) is 0 Å². The predicted octanol–water partition coefficient (Wildman–Crippen LogP) is 2.01. The zero-order chi connectivity index (χ0) is 12.6. The second-order valence-corrected chi connectivity index (χ2v) is 4.92. The third kappa shape index (κ3) is 3.66. The topological polar surface area (TPSA) is 38.3 Å². The summed E-state index contributed by atoms with van der Waals surface area (Å²) in [7, 11) is 0. The summed E-state index contributed by atoms with van der Waals surface area (Å²) in [6.07, 6.45) is -4.21. The van der Waals surface area contributed by atoms with Gasteiger partial charge in [0.15, 0.2) is 0 Å². The average molecular weight is 239 g/mol. The Balaban J connectivity index is 2.51. The molecular formula is C10H16F3NO2. The van der Waals surface area contributed by atoms with E-state index in [-0.39, 0.29) is 12.8 Å². The van der Waals surface area contributed by atoms with Gasteiger partial charge in [-0.2, -0.15) is 13.2 Å². The van der Waals surface area contributed by atoms with Crippen LogP contribution in [-0.4, -0.2) is 29.8 Å². The fourth-order valence-electron chi connectivity index (χ4n) is 1.56. The molecule has 6 heteroatoms. The van der Waals surface area contributed by atoms with Crippen LogP contribution in [0.4, 0.5) is 13.2 Å². The van der Waals surface area contributed by atoms with Gasteiger partial charge in [-0.3, -0.25) is 10.1 Å². The predicted molar refractivity (Wildman–Crippen MR) is 51.8 cm³/mol. The van der Waals surface area contributed by atoms with E-state index in [0.29, 0.717) is 0 Å². The van der Waals surface area contributed by atoms with Gasteiger partial charge in [-0.1, -0.05) is 0 Å². The molecular weight excluding hydrogens is 223 g/mol. The molecule has 1 N–H and O–H groups in total. The van der Waals surface area contributed by atoms with Crippen LogP contribution in [0, 0.1) is 0 Å². The maximum absolute atomic E-state index is 12.3. The molecule has 1 aliphatic heterocycles. The van der Waals surface area contributed by atoms with Crippen LogP contribution in [0.5, 0.6) is 0 Å². The van der Waals surface area contributed by atoms with Crippen LogP contribution in [0.2, 0.25) is 0 Å². The van der Waals surface area contributed by atoms with Crippen LogP contribution in [0.3, 0.4) is 0 Å². The SMILES string of the molecule is CC(C)(C)OC(=O)C1CCC(C(F)(F)F)N1. The smallest absolute Gasteiger partial charge is 0.403 e. The highest BCUT2D eigenvalue weighted by molar-refractivity contribution is 5.76. The summed E-state index contributed by atoms with van der Waals surface area (Å²) in [5, 5.41) is 2.25. The lowest BCUT2D eigenvalue weighted by atomic mass is 10.1. The number of carbonyl (C=O) groups excluding carboxylic acids is 1. The summed E-state index contributed by atoms with van der Waals surface area (Å²) in [6.45, 7) is 5.04. The number of esters is 1. The van der Waals surface area contributed by atoms with Crippen LogP contribution in [-0.2, 0) is 9.53 Å². The van der Waals surface area contributed by atoms with Crippen LogP contribution >= 0.6 is 0 Å². The van der Waals surface area contributed by atoms with E-state index in [4.69, 9.17) is 4.74 Å². The molecule has 16 heavy (non-hydrogen) atoms. The van der Waals surface area contributed by atoms with Gasteiger partial charge in [-0.15, -0.1) is 0 Å². The molecule has 1 saturated heterocycles. The van der Waals surface area contributed by atoms with Gasteiger partial charge in [0, 0.05) is 0 Å². The summed E-state index contributed by atoms with van der Waals surface area (Å²) >= 11 is 0. The van der Waals surface area contributed by atoms with Crippen molar-refractivity contribution in [2.24, 2.45) is 0 Å². The lowest BCUT2D eigenvalue weighted by Crippen LogP contribution is -2.45. The molecule has 94 valence electrons. The molecule has 1 rings (SSSR count). The zero-order valence-corrected chi connectivity index (χ0v) is 9.52. The first kappa shape index (κ1) is 13.3. The highest BCUT2D eigenvalue weighted by Gasteiger charge is 2.46. The largest absolute Gasteiger partial charge is 0.459 e. The molecule has 0 radical (unpaired) electrons. The van der Waals surface area contributed by atoms with Gasteiger partial charge in [-0.25, -0.2) is 0 Å². The second-order valence-electron chi connectivity index (χ2n) is 4.92. The molecule has 0 aliphatic carbocycles. The van der Waals surface area contributed by atoms with E-state index >= 15 is 0 Å². The van der Waals surface area contributed by atoms with Gasteiger partial charge in [0.25, 0.3) is 0 Å². The Morgan fingerprint density at radius 2 is 1.81 bits per heavy atom. The Morgan fingerprint density at radius 1 is 1.25 bits per heavy atom. The maximum Gasteiger partial charge on any atom is 0.403 e. The number of nitrogens with one attached hydrogen (secondary N) is 1. The van der Waals surface area contributed by atoms with Crippen molar-refractivity contribution in [1.82, 2.24) is 5.32 Å². The van der Waals surface area contributed by atoms with Crippen LogP contribution in [0.1, 0.15) is 33.6 Å². The fraction of sp³-hybridized carbons (Fsp3) is 0.900. The Labute approximate surface area is 92.3 Å². The second kappa shape index (κ2) is 4.24. The minimum absolute atomic E-state index is 0.0760. The zero-order valence-electron chi connectivity index (χ0n) is 9.52. The van der Waals surface area contributed by atoms with Crippen molar-refractivity contribution >= 4 is 5.97 Å². The quantitative estimate of drug-likeness (QED) is 0.711. The van der Waals surface area contributed by atoms with E-state index in [1.165, 1.54) is 0 Å². The molecule has 2 unspecified atom stereocenters. The van der Waals surface area contributed by atoms with Gasteiger partial charge in [-0.05, 0) is 33.6 Å². The van der Waals surface area contributed by atoms with Crippen molar-refractivity contribution in [3.8, 4) is 0 Å². The summed E-state index contributed by atoms with van der Waals surface area (Å²) in [4.78, 5) is 11.5. The number of alkyl halides is 3. The average Bonchev–Trinajstić information content (AvgIpc) is 2.46. The summed E-state index contributed by atoms with van der Waals surface area (Å²) in [5.74, 6) is -0.612. The number of carbonyl (C=O) groups is 1. The van der Waals surface area contributed by atoms with Crippen molar-refractivity contribution in [1.29, 1.82) is 0 Å². The van der Waals surface area contributed by atoms with Crippen LogP contribution in [0.25, 0.3) is 0 Å². The Kier molecular flexibility index (Phi) is 3.52. The van der Waals surface area contributed by atoms with Gasteiger partial charge in [0.05, 0.1) is 0 Å². The number of hydrogen-bond donors (Lipinski definition) is 1. The number of halogens is 3. The van der Waals surface area contributed by atoms with E-state index < -0.39 is 29.8 Å². The number of rotatable bonds is 1. The monoisotopic (exact) mass is 239 g/mol. The van der Waals surface area contributed by atoms with E-state index in [2.05, 4.69) is 5.32 Å². The van der Waals surface area contributed by atoms with Gasteiger partial charge in [0.1, 0.15) is 17.7 Å². The first-order chi connectivity index (χ1) is 7.09. The molecule has 1 fully saturated rings. The third-order valence-corrected chi connectivity index (χ3v) is 2.23. The highest BCUT2D eigenvalue weighted by Crippen LogP contribution is 2.29. The van der Waals surface area contributed by atoms with E-state index in [1.807, 2.05) is 0 Å². The van der Waals surface area contributed by atoms with Crippen LogP contribution < -0.4 is 5.32 Å². The van der Waals surface area contributed by atoms with Crippen molar-refractivity contribution in [2.45, 2.75) is 57.5 Å². The molecule has 0 bridgehead atoms. The lowest BCUT2D eigenvalue weighted by molar-refractivity contribution is -0.161. The molecule has 0 saturated carbocycles. The van der Waals surface area contributed by atoms with Gasteiger partial charge >= 0.3 is 12.1 Å². The summed E-state index contributed by atoms with van der Waals surface area (Å²) < 4.78 is 42.0. The molecule has 0 aromatic carbocycles. The highest BCUT2D eigenvalue weighted by atomic mass is 19.4. The molecule has 0 aromatic heterocycles. The Bertz CT molecular complexity index is 270. The molecule has 1 heterocycles. The number of hydrogen-bond acceptors (Lipinski definition) is 3. The molecule has 1 aliphatic rings. The van der Waals surface area contributed by atoms with Crippen molar-refractivity contribution in [2.75, 3.05) is 0 Å². The molecule has 0 amide bonds. The van der Waals surface area contributed by atoms with E-state index in [9.17, 15) is 18.0 Å². The van der Waals surface area contributed by atoms with Crippen molar-refractivity contribution in [3.05, 3.63) is 0 Å². The molecule has 2 atom stereocenters. The minimum atomic E-state index is -4.29. The van der Waals surface area contributed by atoms with Gasteiger partial charge < -0.3 is 4.74 Å². The Morgan fingerprint density at radius 3 is 2.19 bits per heavy atom. The van der Waals surface area contributed by atoms with Crippen molar-refractivity contribution < 1.29 is 22.7 Å². The van der Waals surface area contributed by atoms with E-state index in [1.54, 1.807) is 20.8 Å². The fourth-order valence-corrected chi connectivity index (χ4v) is 1.56. The normalized spacial score (nSPS) is 26.9. The molecule has 0 aromatic rings. The summed E-state index contributed by atoms with van der Waals surface area (Å²) in [6, 6.07) is -2.43. The first-order valence-corrected chi connectivity index (χ1v) is 5.15. The molecule has 0 spiro atoms. The standard InChI is InChI=1S/C10H16F3NO2/c1-9(2,3)16-8(15)6-4-5-7(14-6)10(11,12)13/h6-7,14H,4-5H2,1-3H3. The van der Waals surface area contributed by atoms with Crippen molar-refractivity contribution in [3.63, 3.8) is 0 Å². The Hall–Kier alpha value is -0.780. The minimum Gasteiger partial charge on any atom is -0.459 e. The third-order valence-electron chi connectivity index (χ3n) is 2.23. The first-order valence-electron chi connectivity index (χ1n) is 5.15. The van der Waals surface area contributed by atoms with E-state index in [0.717, 1.165) is 0 Å². The maximum atomic E-state index is 12.3.